The van der Waals surface area contributed by atoms with Crippen molar-refractivity contribution in [3.05, 3.63) is 0 Å². The Morgan fingerprint density at radius 3 is 2.62 bits per heavy atom. The van der Waals surface area contributed by atoms with Crippen molar-refractivity contribution in [3.8, 4) is 0 Å². The van der Waals surface area contributed by atoms with Crippen LogP contribution >= 0.6 is 0 Å². The van der Waals surface area contributed by atoms with Gasteiger partial charge in [-0.05, 0) is 19.8 Å². The predicted octanol–water partition coefficient (Wildman–Crippen LogP) is -0.461. The van der Waals surface area contributed by atoms with E-state index in [1.54, 1.807) is 0 Å². The summed E-state index contributed by atoms with van der Waals surface area (Å²) in [5, 5.41) is 9.91. The minimum absolute atomic E-state index is 0.126. The van der Waals surface area contributed by atoms with E-state index >= 15 is 0 Å². The molecule has 0 spiro atoms. The Bertz CT molecular complexity index is 461. The Balaban J connectivity index is 1.41. The zero-order chi connectivity index (χ0) is 17.1. The molecule has 7 heteroatoms. The number of likely N-dealkylation sites (tertiary alicyclic amines) is 1. The molecule has 1 saturated carbocycles. The number of amides is 2. The minimum atomic E-state index is -0.480. The molecule has 1 N–H and O–H groups in total. The van der Waals surface area contributed by atoms with Crippen LogP contribution in [-0.2, 0) is 14.3 Å². The third-order valence-corrected chi connectivity index (χ3v) is 5.16. The van der Waals surface area contributed by atoms with Crippen LogP contribution in [0.25, 0.3) is 0 Å². The van der Waals surface area contributed by atoms with Gasteiger partial charge in [-0.1, -0.05) is 0 Å². The first-order chi connectivity index (χ1) is 11.6. The Kier molecular flexibility index (Phi) is 5.73. The number of piperazine rings is 1. The van der Waals surface area contributed by atoms with E-state index in [9.17, 15) is 14.7 Å². The summed E-state index contributed by atoms with van der Waals surface area (Å²) in [5.74, 6) is 0.114. The van der Waals surface area contributed by atoms with Crippen LogP contribution in [0.1, 0.15) is 26.2 Å². The summed E-state index contributed by atoms with van der Waals surface area (Å²) in [4.78, 5) is 30.6. The molecule has 7 nitrogen and oxygen atoms in total. The van der Waals surface area contributed by atoms with E-state index in [-0.39, 0.29) is 17.7 Å². The first-order valence-electron chi connectivity index (χ1n) is 9.15. The third kappa shape index (κ3) is 4.26. The van der Waals surface area contributed by atoms with Gasteiger partial charge in [0.1, 0.15) is 0 Å². The number of hydrogen-bond acceptors (Lipinski definition) is 5. The van der Waals surface area contributed by atoms with E-state index < -0.39 is 6.10 Å². The van der Waals surface area contributed by atoms with Gasteiger partial charge in [-0.3, -0.25) is 14.5 Å². The number of hydrogen-bond donors (Lipinski definition) is 1. The molecule has 2 saturated heterocycles. The van der Waals surface area contributed by atoms with E-state index in [4.69, 9.17) is 4.74 Å². The zero-order valence-corrected chi connectivity index (χ0v) is 14.5. The Hall–Kier alpha value is -1.18. The van der Waals surface area contributed by atoms with Crippen molar-refractivity contribution in [3.63, 3.8) is 0 Å². The highest BCUT2D eigenvalue weighted by Crippen LogP contribution is 2.33. The quantitative estimate of drug-likeness (QED) is 0.679. The van der Waals surface area contributed by atoms with Gasteiger partial charge in [-0.15, -0.1) is 0 Å². The van der Waals surface area contributed by atoms with Gasteiger partial charge in [-0.2, -0.15) is 0 Å². The molecule has 0 unspecified atom stereocenters. The van der Waals surface area contributed by atoms with Crippen LogP contribution in [0, 0.1) is 5.92 Å². The summed E-state index contributed by atoms with van der Waals surface area (Å²) in [6.07, 6.45) is 2.08. The molecule has 136 valence electrons. The number of nitrogens with zero attached hydrogens (tertiary/aromatic N) is 3. The van der Waals surface area contributed by atoms with Gasteiger partial charge in [0.15, 0.2) is 0 Å². The van der Waals surface area contributed by atoms with Crippen LogP contribution in [0.3, 0.4) is 0 Å². The van der Waals surface area contributed by atoms with Crippen molar-refractivity contribution < 1.29 is 19.4 Å². The molecule has 2 heterocycles. The van der Waals surface area contributed by atoms with Crippen LogP contribution in [0.2, 0.25) is 0 Å². The molecule has 0 bridgehead atoms. The van der Waals surface area contributed by atoms with Gasteiger partial charge in [0.2, 0.25) is 11.8 Å². The molecule has 24 heavy (non-hydrogen) atoms. The number of carbonyl (C=O) groups is 2. The van der Waals surface area contributed by atoms with E-state index in [1.165, 1.54) is 0 Å². The van der Waals surface area contributed by atoms with Crippen LogP contribution < -0.4 is 0 Å². The second-order valence-corrected chi connectivity index (χ2v) is 7.12. The number of rotatable bonds is 7. The van der Waals surface area contributed by atoms with Crippen molar-refractivity contribution in [2.24, 2.45) is 5.92 Å². The predicted molar refractivity (Wildman–Crippen MR) is 88.4 cm³/mol. The molecule has 3 aliphatic rings. The van der Waals surface area contributed by atoms with Crippen LogP contribution in [-0.4, -0.2) is 96.2 Å². The monoisotopic (exact) mass is 339 g/mol. The summed E-state index contributed by atoms with van der Waals surface area (Å²) in [5.41, 5.74) is 0. The molecular weight excluding hydrogens is 310 g/mol. The number of β-amino-alcohol motifs (C(OH)–C–C–N with tert-alkyl or cyclic N) is 1. The molecule has 0 aromatic rings. The van der Waals surface area contributed by atoms with Gasteiger partial charge in [0, 0.05) is 58.3 Å². The number of carbonyl (C=O) groups excluding carboxylic acids is 2. The molecule has 0 radical (unpaired) electrons. The second kappa shape index (κ2) is 7.80. The number of ether oxygens (including phenoxy) is 1. The topological polar surface area (TPSA) is 73.3 Å². The Labute approximate surface area is 143 Å². The van der Waals surface area contributed by atoms with Gasteiger partial charge in [-0.25, -0.2) is 0 Å². The molecule has 2 atom stereocenters. The highest BCUT2D eigenvalue weighted by atomic mass is 16.5. The summed E-state index contributed by atoms with van der Waals surface area (Å²) in [6.45, 7) is 6.95. The zero-order valence-electron chi connectivity index (χ0n) is 14.5. The van der Waals surface area contributed by atoms with Crippen LogP contribution in [0.4, 0.5) is 0 Å². The standard InChI is InChI=1S/C17H29N3O4/c1-2-24-12-15(21)11-18-5-7-19(8-6-18)17(23)13-9-16(22)20(10-13)14-3-4-14/h13-15,21H,2-12H2,1H3/t13-,15-/m1/s1. The summed E-state index contributed by atoms with van der Waals surface area (Å²) in [6, 6.07) is 0.402. The second-order valence-electron chi connectivity index (χ2n) is 7.12. The maximum atomic E-state index is 12.7. The summed E-state index contributed by atoms with van der Waals surface area (Å²) >= 11 is 0. The fourth-order valence-corrected chi connectivity index (χ4v) is 3.65. The van der Waals surface area contributed by atoms with E-state index in [0.29, 0.717) is 51.9 Å². The molecule has 3 fully saturated rings. The van der Waals surface area contributed by atoms with E-state index in [1.807, 2.05) is 16.7 Å². The van der Waals surface area contributed by atoms with Crippen LogP contribution in [0.15, 0.2) is 0 Å². The lowest BCUT2D eigenvalue weighted by Gasteiger charge is -2.36. The van der Waals surface area contributed by atoms with Gasteiger partial charge >= 0.3 is 0 Å². The first-order valence-corrected chi connectivity index (χ1v) is 9.15. The van der Waals surface area contributed by atoms with Gasteiger partial charge in [0.25, 0.3) is 0 Å². The van der Waals surface area contributed by atoms with Crippen molar-refractivity contribution in [2.45, 2.75) is 38.3 Å². The van der Waals surface area contributed by atoms with Crippen molar-refractivity contribution in [1.29, 1.82) is 0 Å². The highest BCUT2D eigenvalue weighted by Gasteiger charge is 2.43. The average Bonchev–Trinajstić information content (AvgIpc) is 3.35. The van der Waals surface area contributed by atoms with Crippen molar-refractivity contribution in [1.82, 2.24) is 14.7 Å². The first kappa shape index (κ1) is 17.6. The maximum Gasteiger partial charge on any atom is 0.228 e. The number of aliphatic hydroxyl groups is 1. The normalized spacial score (nSPS) is 26.9. The Morgan fingerprint density at radius 2 is 2.00 bits per heavy atom. The molecule has 3 rings (SSSR count). The SMILES string of the molecule is CCOC[C@H](O)CN1CCN(C(=O)[C@@H]2CC(=O)N(C3CC3)C2)CC1. The van der Waals surface area contributed by atoms with Gasteiger partial charge < -0.3 is 19.6 Å². The third-order valence-electron chi connectivity index (χ3n) is 5.16. The smallest absolute Gasteiger partial charge is 0.228 e. The largest absolute Gasteiger partial charge is 0.389 e. The molecule has 2 amide bonds. The highest BCUT2D eigenvalue weighted by molar-refractivity contribution is 5.89. The average molecular weight is 339 g/mol. The summed E-state index contributed by atoms with van der Waals surface area (Å²) < 4.78 is 5.23. The Morgan fingerprint density at radius 1 is 1.29 bits per heavy atom. The molecule has 1 aliphatic carbocycles. The lowest BCUT2D eigenvalue weighted by Crippen LogP contribution is -2.52. The minimum Gasteiger partial charge on any atom is -0.389 e. The molecule has 0 aromatic carbocycles. The fourth-order valence-electron chi connectivity index (χ4n) is 3.65. The molecular formula is C17H29N3O4. The van der Waals surface area contributed by atoms with Crippen molar-refractivity contribution >= 4 is 11.8 Å². The fraction of sp³-hybridized carbons (Fsp3) is 0.882. The lowest BCUT2D eigenvalue weighted by molar-refractivity contribution is -0.137. The summed E-state index contributed by atoms with van der Waals surface area (Å²) in [7, 11) is 0. The lowest BCUT2D eigenvalue weighted by atomic mass is 10.1. The van der Waals surface area contributed by atoms with Crippen LogP contribution in [0.5, 0.6) is 0 Å². The van der Waals surface area contributed by atoms with E-state index in [2.05, 4.69) is 4.90 Å². The van der Waals surface area contributed by atoms with E-state index in [0.717, 1.165) is 25.9 Å². The van der Waals surface area contributed by atoms with Crippen molar-refractivity contribution in [2.75, 3.05) is 52.5 Å². The van der Waals surface area contributed by atoms with Gasteiger partial charge in [0.05, 0.1) is 18.6 Å². The maximum absolute atomic E-state index is 12.7. The molecule has 0 aromatic heterocycles. The number of aliphatic hydroxyl groups excluding tert-OH is 1. The molecule has 2 aliphatic heterocycles.